The third kappa shape index (κ3) is 1.70. The van der Waals surface area contributed by atoms with Crippen LogP contribution in [-0.4, -0.2) is 21.4 Å². The highest BCUT2D eigenvalue weighted by Gasteiger charge is 2.05. The number of hydrogen-bond donors (Lipinski definition) is 0. The predicted molar refractivity (Wildman–Crippen MR) is 49.3 cm³/mol. The molecule has 5 heteroatoms. The molecule has 0 aliphatic rings. The molecule has 0 aliphatic heterocycles. The fourth-order valence-corrected chi connectivity index (χ4v) is 1.19. The van der Waals surface area contributed by atoms with Crippen molar-refractivity contribution in [1.29, 1.82) is 0 Å². The first-order valence-electron chi connectivity index (χ1n) is 3.68. The van der Waals surface area contributed by atoms with Gasteiger partial charge >= 0.3 is 0 Å². The van der Waals surface area contributed by atoms with Crippen LogP contribution in [0.2, 0.25) is 0 Å². The number of thioether (sulfide) groups is 1. The van der Waals surface area contributed by atoms with E-state index in [4.69, 9.17) is 4.42 Å². The van der Waals surface area contributed by atoms with Gasteiger partial charge in [-0.15, -0.1) is 10.2 Å². The number of rotatable bonds is 2. The van der Waals surface area contributed by atoms with Crippen LogP contribution in [0.3, 0.4) is 0 Å². The molecule has 0 aliphatic carbocycles. The van der Waals surface area contributed by atoms with Gasteiger partial charge in [0.15, 0.2) is 0 Å². The van der Waals surface area contributed by atoms with E-state index in [9.17, 15) is 0 Å². The molecule has 0 saturated carbocycles. The Morgan fingerprint density at radius 3 is 2.62 bits per heavy atom. The van der Waals surface area contributed by atoms with Crippen molar-refractivity contribution in [3.8, 4) is 11.5 Å². The maximum Gasteiger partial charge on any atom is 0.276 e. The van der Waals surface area contributed by atoms with Crippen LogP contribution in [0, 0.1) is 0 Å². The lowest BCUT2D eigenvalue weighted by atomic mass is 10.3. The average Bonchev–Trinajstić information content (AvgIpc) is 2.67. The van der Waals surface area contributed by atoms with Crippen LogP contribution >= 0.6 is 11.8 Å². The monoisotopic (exact) mass is 193 g/mol. The normalized spacial score (nSPS) is 10.2. The maximum absolute atomic E-state index is 5.33. The minimum atomic E-state index is 0.534. The molecule has 2 aromatic rings. The van der Waals surface area contributed by atoms with Crippen molar-refractivity contribution >= 4 is 11.8 Å². The van der Waals surface area contributed by atoms with E-state index >= 15 is 0 Å². The molecule has 0 unspecified atom stereocenters. The zero-order chi connectivity index (χ0) is 9.10. The van der Waals surface area contributed by atoms with Gasteiger partial charge in [-0.25, -0.2) is 0 Å². The van der Waals surface area contributed by atoms with Crippen LogP contribution in [0.25, 0.3) is 11.5 Å². The molecule has 0 bridgehead atoms. The number of pyridine rings is 1. The molecule has 0 spiro atoms. The largest absolute Gasteiger partial charge is 0.411 e. The van der Waals surface area contributed by atoms with Crippen LogP contribution in [0.15, 0.2) is 34.2 Å². The summed E-state index contributed by atoms with van der Waals surface area (Å²) in [7, 11) is 0. The lowest BCUT2D eigenvalue weighted by Gasteiger charge is -1.90. The van der Waals surface area contributed by atoms with Gasteiger partial charge in [0, 0.05) is 18.0 Å². The van der Waals surface area contributed by atoms with Crippen molar-refractivity contribution in [3.05, 3.63) is 24.5 Å². The summed E-state index contributed by atoms with van der Waals surface area (Å²) in [5, 5.41) is 8.30. The van der Waals surface area contributed by atoms with Gasteiger partial charge in [-0.1, -0.05) is 11.8 Å². The Kier molecular flexibility index (Phi) is 2.27. The summed E-state index contributed by atoms with van der Waals surface area (Å²) in [5.41, 5.74) is 0.891. The van der Waals surface area contributed by atoms with Crippen molar-refractivity contribution in [2.45, 2.75) is 5.22 Å². The summed E-state index contributed by atoms with van der Waals surface area (Å²) in [5.74, 6) is 0.534. The summed E-state index contributed by atoms with van der Waals surface area (Å²) < 4.78 is 5.33. The topological polar surface area (TPSA) is 51.8 Å². The third-order valence-electron chi connectivity index (χ3n) is 1.51. The summed E-state index contributed by atoms with van der Waals surface area (Å²) in [6.07, 6.45) is 5.28. The molecule has 2 aromatic heterocycles. The lowest BCUT2D eigenvalue weighted by molar-refractivity contribution is 0.466. The number of hydrogen-bond acceptors (Lipinski definition) is 5. The fraction of sp³-hybridized carbons (Fsp3) is 0.125. The Labute approximate surface area is 79.4 Å². The molecular formula is C8H7N3OS. The summed E-state index contributed by atoms with van der Waals surface area (Å²) in [6.45, 7) is 0. The Hall–Kier alpha value is -1.36. The highest BCUT2D eigenvalue weighted by Crippen LogP contribution is 2.20. The second kappa shape index (κ2) is 3.57. The SMILES string of the molecule is CSc1nnc(-c2ccncc2)o1. The van der Waals surface area contributed by atoms with Crippen LogP contribution < -0.4 is 0 Å². The standard InChI is InChI=1S/C8H7N3OS/c1-13-8-11-10-7(12-8)6-2-4-9-5-3-6/h2-5H,1H3. The Bertz CT molecular complexity index is 387. The van der Waals surface area contributed by atoms with Gasteiger partial charge in [0.2, 0.25) is 5.89 Å². The minimum Gasteiger partial charge on any atom is -0.411 e. The number of aromatic nitrogens is 3. The van der Waals surface area contributed by atoms with Gasteiger partial charge in [0.05, 0.1) is 0 Å². The van der Waals surface area contributed by atoms with E-state index < -0.39 is 0 Å². The maximum atomic E-state index is 5.33. The molecule has 13 heavy (non-hydrogen) atoms. The lowest BCUT2D eigenvalue weighted by Crippen LogP contribution is -1.77. The molecule has 0 aromatic carbocycles. The van der Waals surface area contributed by atoms with E-state index in [0.29, 0.717) is 11.1 Å². The molecule has 0 saturated heterocycles. The van der Waals surface area contributed by atoms with Crippen LogP contribution in [0.1, 0.15) is 0 Å². The highest BCUT2D eigenvalue weighted by atomic mass is 32.2. The quantitative estimate of drug-likeness (QED) is 0.681. The summed E-state index contributed by atoms with van der Waals surface area (Å²) >= 11 is 1.43. The Morgan fingerprint density at radius 1 is 1.23 bits per heavy atom. The van der Waals surface area contributed by atoms with E-state index in [1.165, 1.54) is 11.8 Å². The van der Waals surface area contributed by atoms with Crippen LogP contribution in [0.4, 0.5) is 0 Å². The van der Waals surface area contributed by atoms with Gasteiger partial charge in [0.25, 0.3) is 5.22 Å². The van der Waals surface area contributed by atoms with Gasteiger partial charge in [-0.2, -0.15) is 0 Å². The minimum absolute atomic E-state index is 0.534. The molecule has 0 atom stereocenters. The zero-order valence-electron chi connectivity index (χ0n) is 6.97. The van der Waals surface area contributed by atoms with Crippen LogP contribution in [-0.2, 0) is 0 Å². The van der Waals surface area contributed by atoms with Gasteiger partial charge < -0.3 is 4.42 Å². The van der Waals surface area contributed by atoms with Gasteiger partial charge in [-0.3, -0.25) is 4.98 Å². The Balaban J connectivity index is 2.36. The van der Waals surface area contributed by atoms with Crippen molar-refractivity contribution in [1.82, 2.24) is 15.2 Å². The van der Waals surface area contributed by atoms with Crippen LogP contribution in [0.5, 0.6) is 0 Å². The predicted octanol–water partition coefficient (Wildman–Crippen LogP) is 1.85. The molecule has 2 rings (SSSR count). The van der Waals surface area contributed by atoms with Gasteiger partial charge in [0.1, 0.15) is 0 Å². The molecule has 4 nitrogen and oxygen atoms in total. The summed E-state index contributed by atoms with van der Waals surface area (Å²) in [6, 6.07) is 3.66. The molecule has 0 fully saturated rings. The summed E-state index contributed by atoms with van der Waals surface area (Å²) in [4.78, 5) is 3.90. The van der Waals surface area contributed by atoms with E-state index in [2.05, 4.69) is 15.2 Å². The second-order valence-corrected chi connectivity index (χ2v) is 3.07. The molecule has 2 heterocycles. The van der Waals surface area contributed by atoms with E-state index in [0.717, 1.165) is 5.56 Å². The highest BCUT2D eigenvalue weighted by molar-refractivity contribution is 7.98. The second-order valence-electron chi connectivity index (χ2n) is 2.31. The van der Waals surface area contributed by atoms with Crippen molar-refractivity contribution in [3.63, 3.8) is 0 Å². The zero-order valence-corrected chi connectivity index (χ0v) is 7.78. The third-order valence-corrected chi connectivity index (χ3v) is 2.02. The Morgan fingerprint density at radius 2 is 2.00 bits per heavy atom. The van der Waals surface area contributed by atoms with Gasteiger partial charge in [-0.05, 0) is 18.4 Å². The van der Waals surface area contributed by atoms with Crippen molar-refractivity contribution in [2.24, 2.45) is 0 Å². The van der Waals surface area contributed by atoms with Crippen molar-refractivity contribution in [2.75, 3.05) is 6.26 Å². The fourth-order valence-electron chi connectivity index (χ4n) is 0.903. The molecular weight excluding hydrogens is 186 g/mol. The molecule has 0 radical (unpaired) electrons. The van der Waals surface area contributed by atoms with Crippen molar-refractivity contribution < 1.29 is 4.42 Å². The first-order valence-corrected chi connectivity index (χ1v) is 4.90. The molecule has 66 valence electrons. The number of nitrogens with zero attached hydrogens (tertiary/aromatic N) is 3. The smallest absolute Gasteiger partial charge is 0.276 e. The molecule has 0 N–H and O–H groups in total. The first-order chi connectivity index (χ1) is 6.40. The van der Waals surface area contributed by atoms with E-state index in [-0.39, 0.29) is 0 Å². The molecule has 0 amide bonds. The first kappa shape index (κ1) is 8.25. The van der Waals surface area contributed by atoms with E-state index in [1.54, 1.807) is 12.4 Å². The van der Waals surface area contributed by atoms with E-state index in [1.807, 2.05) is 18.4 Å². The average molecular weight is 193 g/mol.